The Labute approximate surface area is 174 Å². The summed E-state index contributed by atoms with van der Waals surface area (Å²) >= 11 is 0. The highest BCUT2D eigenvalue weighted by atomic mass is 16.5. The number of para-hydroxylation sites is 1. The highest BCUT2D eigenvalue weighted by molar-refractivity contribution is 5.49. The Morgan fingerprint density at radius 3 is 2.48 bits per heavy atom. The zero-order chi connectivity index (χ0) is 20.3. The molecule has 2 unspecified atom stereocenters. The molecule has 2 atom stereocenters. The molecule has 1 N–H and O–H groups in total. The van der Waals surface area contributed by atoms with Crippen molar-refractivity contribution >= 4 is 0 Å². The molecule has 2 aromatic rings. The van der Waals surface area contributed by atoms with Crippen molar-refractivity contribution in [1.29, 1.82) is 0 Å². The van der Waals surface area contributed by atoms with Gasteiger partial charge in [0.25, 0.3) is 0 Å². The lowest BCUT2D eigenvalue weighted by Gasteiger charge is -2.42. The van der Waals surface area contributed by atoms with Crippen LogP contribution in [-0.4, -0.2) is 5.11 Å². The average molecular weight is 389 g/mol. The van der Waals surface area contributed by atoms with Crippen molar-refractivity contribution < 1.29 is 9.84 Å². The van der Waals surface area contributed by atoms with E-state index in [-0.39, 0.29) is 5.92 Å². The van der Waals surface area contributed by atoms with Gasteiger partial charge in [-0.1, -0.05) is 85.5 Å². The van der Waals surface area contributed by atoms with Crippen LogP contribution in [0.15, 0.2) is 72.3 Å². The second-order valence-corrected chi connectivity index (χ2v) is 8.72. The van der Waals surface area contributed by atoms with Crippen LogP contribution >= 0.6 is 0 Å². The molecule has 0 heterocycles. The number of rotatable bonds is 5. The van der Waals surface area contributed by atoms with E-state index in [4.69, 9.17) is 4.74 Å². The van der Waals surface area contributed by atoms with Gasteiger partial charge in [-0.25, -0.2) is 0 Å². The predicted molar refractivity (Wildman–Crippen MR) is 119 cm³/mol. The SMILES string of the molecule is CC1=CC(O)(c2cccc(C)c2OCc2ccccc2)C(C2CCCCC2)C=C1. The van der Waals surface area contributed by atoms with E-state index in [1.54, 1.807) is 0 Å². The van der Waals surface area contributed by atoms with Crippen molar-refractivity contribution in [3.8, 4) is 5.75 Å². The Bertz CT molecular complexity index is 890. The molecule has 0 radical (unpaired) electrons. The monoisotopic (exact) mass is 388 g/mol. The third-order valence-corrected chi connectivity index (χ3v) is 6.55. The molecule has 4 rings (SSSR count). The van der Waals surface area contributed by atoms with Crippen LogP contribution in [0.25, 0.3) is 0 Å². The van der Waals surface area contributed by atoms with Crippen LogP contribution in [0.2, 0.25) is 0 Å². The van der Waals surface area contributed by atoms with E-state index in [9.17, 15) is 5.11 Å². The minimum absolute atomic E-state index is 0.0902. The van der Waals surface area contributed by atoms with Crippen LogP contribution in [0.5, 0.6) is 5.75 Å². The molecule has 29 heavy (non-hydrogen) atoms. The van der Waals surface area contributed by atoms with Crippen LogP contribution in [-0.2, 0) is 12.2 Å². The third kappa shape index (κ3) is 4.18. The van der Waals surface area contributed by atoms with E-state index < -0.39 is 5.60 Å². The van der Waals surface area contributed by atoms with Crippen LogP contribution in [0.4, 0.5) is 0 Å². The molecular weight excluding hydrogens is 356 g/mol. The largest absolute Gasteiger partial charge is 0.488 e. The Balaban J connectivity index is 1.71. The average Bonchev–Trinajstić information content (AvgIpc) is 2.74. The number of hydrogen-bond acceptors (Lipinski definition) is 2. The van der Waals surface area contributed by atoms with E-state index in [2.05, 4.69) is 50.3 Å². The summed E-state index contributed by atoms with van der Waals surface area (Å²) in [7, 11) is 0. The fraction of sp³-hybridized carbons (Fsp3) is 0.407. The Hall–Kier alpha value is -2.32. The first-order chi connectivity index (χ1) is 14.1. The van der Waals surface area contributed by atoms with Crippen molar-refractivity contribution in [2.75, 3.05) is 0 Å². The maximum absolute atomic E-state index is 12.1. The maximum atomic E-state index is 12.1. The summed E-state index contributed by atoms with van der Waals surface area (Å²) in [6, 6.07) is 16.4. The van der Waals surface area contributed by atoms with Crippen molar-refractivity contribution in [3.05, 3.63) is 89.0 Å². The first-order valence-electron chi connectivity index (χ1n) is 10.9. The standard InChI is InChI=1S/C27H32O2/c1-20-16-17-24(23-13-7-4-8-14-23)27(28,18-20)25-15-9-10-21(2)26(25)29-19-22-11-5-3-6-12-22/h3,5-6,9-12,15-18,23-24,28H,4,7-8,13-14,19H2,1-2H3. The molecule has 152 valence electrons. The molecule has 2 aromatic carbocycles. The number of aryl methyl sites for hydroxylation is 1. The van der Waals surface area contributed by atoms with Gasteiger partial charge in [0.15, 0.2) is 0 Å². The molecule has 2 aliphatic carbocycles. The third-order valence-electron chi connectivity index (χ3n) is 6.55. The molecule has 0 aromatic heterocycles. The molecule has 1 saturated carbocycles. The van der Waals surface area contributed by atoms with Crippen LogP contribution < -0.4 is 4.74 Å². The minimum atomic E-state index is -1.03. The van der Waals surface area contributed by atoms with E-state index >= 15 is 0 Å². The Morgan fingerprint density at radius 1 is 0.966 bits per heavy atom. The number of benzene rings is 2. The highest BCUT2D eigenvalue weighted by Gasteiger charge is 2.43. The first kappa shape index (κ1) is 20.0. The first-order valence-corrected chi connectivity index (χ1v) is 10.9. The summed E-state index contributed by atoms with van der Waals surface area (Å²) in [5, 5.41) is 12.1. The summed E-state index contributed by atoms with van der Waals surface area (Å²) in [5.41, 5.74) is 3.17. The lowest BCUT2D eigenvalue weighted by atomic mass is 9.66. The van der Waals surface area contributed by atoms with E-state index in [1.165, 1.54) is 32.1 Å². The normalized spacial score (nSPS) is 24.9. The molecule has 2 nitrogen and oxygen atoms in total. The van der Waals surface area contributed by atoms with Gasteiger partial charge in [-0.05, 0) is 49.8 Å². The molecule has 0 amide bonds. The number of hydrogen-bond donors (Lipinski definition) is 1. The van der Waals surface area contributed by atoms with Crippen LogP contribution in [0.1, 0.15) is 55.7 Å². The van der Waals surface area contributed by atoms with Gasteiger partial charge in [-0.2, -0.15) is 0 Å². The van der Waals surface area contributed by atoms with Crippen molar-refractivity contribution in [2.24, 2.45) is 11.8 Å². The quantitative estimate of drug-likeness (QED) is 0.636. The van der Waals surface area contributed by atoms with E-state index in [0.717, 1.165) is 28.0 Å². The summed E-state index contributed by atoms with van der Waals surface area (Å²) in [6.07, 6.45) is 12.7. The predicted octanol–water partition coefficient (Wildman–Crippen LogP) is 6.47. The summed E-state index contributed by atoms with van der Waals surface area (Å²) in [6.45, 7) is 4.64. The smallest absolute Gasteiger partial charge is 0.129 e. The van der Waals surface area contributed by atoms with Crippen molar-refractivity contribution in [3.63, 3.8) is 0 Å². The Morgan fingerprint density at radius 2 is 1.72 bits per heavy atom. The zero-order valence-corrected chi connectivity index (χ0v) is 17.6. The van der Waals surface area contributed by atoms with Gasteiger partial charge in [-0.3, -0.25) is 0 Å². The number of allylic oxidation sites excluding steroid dienone is 2. The topological polar surface area (TPSA) is 29.5 Å². The molecule has 0 spiro atoms. The van der Waals surface area contributed by atoms with Gasteiger partial charge in [0.1, 0.15) is 18.0 Å². The fourth-order valence-electron chi connectivity index (χ4n) is 5.05. The molecule has 0 saturated heterocycles. The van der Waals surface area contributed by atoms with Crippen molar-refractivity contribution in [2.45, 2.75) is 58.2 Å². The van der Waals surface area contributed by atoms with Gasteiger partial charge in [0, 0.05) is 11.5 Å². The van der Waals surface area contributed by atoms with Gasteiger partial charge in [0.2, 0.25) is 0 Å². The number of ether oxygens (including phenoxy) is 1. The molecule has 0 aliphatic heterocycles. The zero-order valence-electron chi connectivity index (χ0n) is 17.6. The van der Waals surface area contributed by atoms with Gasteiger partial charge >= 0.3 is 0 Å². The second-order valence-electron chi connectivity index (χ2n) is 8.72. The molecule has 0 bridgehead atoms. The molecule has 2 heteroatoms. The van der Waals surface area contributed by atoms with E-state index in [1.807, 2.05) is 30.3 Å². The second kappa shape index (κ2) is 8.59. The summed E-state index contributed by atoms with van der Waals surface area (Å²) in [5.74, 6) is 1.42. The summed E-state index contributed by atoms with van der Waals surface area (Å²) < 4.78 is 6.33. The van der Waals surface area contributed by atoms with Gasteiger partial charge < -0.3 is 9.84 Å². The van der Waals surface area contributed by atoms with Gasteiger partial charge in [0.05, 0.1) is 0 Å². The van der Waals surface area contributed by atoms with Crippen LogP contribution in [0, 0.1) is 18.8 Å². The van der Waals surface area contributed by atoms with Crippen molar-refractivity contribution in [1.82, 2.24) is 0 Å². The lowest BCUT2D eigenvalue weighted by molar-refractivity contribution is 0.00534. The van der Waals surface area contributed by atoms with E-state index in [0.29, 0.717) is 12.5 Å². The fourth-order valence-corrected chi connectivity index (χ4v) is 5.05. The molecular formula is C27H32O2. The highest BCUT2D eigenvalue weighted by Crippen LogP contribution is 2.48. The minimum Gasteiger partial charge on any atom is -0.488 e. The lowest BCUT2D eigenvalue weighted by Crippen LogP contribution is -2.39. The molecule has 1 fully saturated rings. The van der Waals surface area contributed by atoms with Crippen LogP contribution in [0.3, 0.4) is 0 Å². The Kier molecular flexibility index (Phi) is 5.91. The number of aliphatic hydroxyl groups is 1. The maximum Gasteiger partial charge on any atom is 0.129 e. The van der Waals surface area contributed by atoms with Gasteiger partial charge in [-0.15, -0.1) is 0 Å². The summed E-state index contributed by atoms with van der Waals surface area (Å²) in [4.78, 5) is 0. The molecule has 2 aliphatic rings.